The average Bonchev–Trinajstić information content (AvgIpc) is 1.95. The van der Waals surface area contributed by atoms with Gasteiger partial charge in [-0.15, -0.1) is 0 Å². The van der Waals surface area contributed by atoms with Crippen LogP contribution in [0.25, 0.3) is 0 Å². The number of allylic oxidation sites excluding steroid dienone is 1. The van der Waals surface area contributed by atoms with E-state index >= 15 is 0 Å². The number of hydroxylamine groups is 2. The summed E-state index contributed by atoms with van der Waals surface area (Å²) >= 11 is 3.15. The van der Waals surface area contributed by atoms with E-state index in [1.54, 1.807) is 19.3 Å². The quantitative estimate of drug-likeness (QED) is 0.659. The first kappa shape index (κ1) is 7.63. The normalized spacial score (nSPS) is 18.1. The van der Waals surface area contributed by atoms with E-state index < -0.39 is 0 Å². The lowest BCUT2D eigenvalue weighted by Crippen LogP contribution is -2.18. The number of nitrogens with zero attached hydrogens (tertiary/aromatic N) is 1. The zero-order chi connectivity index (χ0) is 7.56. The van der Waals surface area contributed by atoms with Crippen LogP contribution < -0.4 is 0 Å². The Kier molecular flexibility index (Phi) is 2.34. The molecule has 0 amide bonds. The number of ether oxygens (including phenoxy) is 1. The number of halogens is 1. The van der Waals surface area contributed by atoms with Gasteiger partial charge in [-0.1, -0.05) is 0 Å². The molecule has 0 saturated carbocycles. The lowest BCUT2D eigenvalue weighted by atomic mass is 10.3. The van der Waals surface area contributed by atoms with Crippen molar-refractivity contribution in [3.63, 3.8) is 0 Å². The van der Waals surface area contributed by atoms with Crippen molar-refractivity contribution in [3.8, 4) is 0 Å². The molecule has 0 aliphatic carbocycles. The molecule has 1 N–H and O–H groups in total. The molecule has 1 rings (SSSR count). The van der Waals surface area contributed by atoms with E-state index in [9.17, 15) is 0 Å². The summed E-state index contributed by atoms with van der Waals surface area (Å²) in [5, 5.41) is 10.1. The van der Waals surface area contributed by atoms with Gasteiger partial charge in [-0.2, -0.15) is 0 Å². The van der Waals surface area contributed by atoms with Gasteiger partial charge in [-0.3, -0.25) is 5.21 Å². The molecule has 3 nitrogen and oxygen atoms in total. The third-order valence-corrected chi connectivity index (χ3v) is 1.85. The first-order valence-corrected chi connectivity index (χ1v) is 3.61. The van der Waals surface area contributed by atoms with Gasteiger partial charge in [0.1, 0.15) is 10.4 Å². The molecule has 0 radical (unpaired) electrons. The largest absolute Gasteiger partial charge is 0.497 e. The zero-order valence-electron chi connectivity index (χ0n) is 5.54. The zero-order valence-corrected chi connectivity index (χ0v) is 7.13. The summed E-state index contributed by atoms with van der Waals surface area (Å²) in [6.07, 6.45) is 3.48. The van der Waals surface area contributed by atoms with E-state index in [1.807, 2.05) is 0 Å². The van der Waals surface area contributed by atoms with Crippen LogP contribution in [-0.4, -0.2) is 23.9 Å². The van der Waals surface area contributed by atoms with Crippen molar-refractivity contribution in [1.82, 2.24) is 5.06 Å². The van der Waals surface area contributed by atoms with E-state index in [0.29, 0.717) is 11.2 Å². The Balaban J connectivity index is 2.69. The molecular formula is C6H8BrNO2. The van der Waals surface area contributed by atoms with Gasteiger partial charge in [0.05, 0.1) is 13.7 Å². The van der Waals surface area contributed by atoms with Crippen molar-refractivity contribution in [3.05, 3.63) is 22.5 Å². The summed E-state index contributed by atoms with van der Waals surface area (Å²) in [6, 6.07) is 0. The van der Waals surface area contributed by atoms with Crippen LogP contribution in [0, 0.1) is 0 Å². The minimum absolute atomic E-state index is 0.459. The molecule has 4 heteroatoms. The van der Waals surface area contributed by atoms with Crippen molar-refractivity contribution in [2.75, 3.05) is 13.7 Å². The molecule has 1 aliphatic rings. The van der Waals surface area contributed by atoms with Crippen molar-refractivity contribution >= 4 is 15.9 Å². The van der Waals surface area contributed by atoms with E-state index in [1.165, 1.54) is 0 Å². The maximum Gasteiger partial charge on any atom is 0.119 e. The van der Waals surface area contributed by atoms with Crippen LogP contribution in [-0.2, 0) is 4.74 Å². The van der Waals surface area contributed by atoms with Gasteiger partial charge in [0.2, 0.25) is 0 Å². The predicted octanol–water partition coefficient (Wildman–Crippen LogP) is 1.46. The van der Waals surface area contributed by atoms with Crippen molar-refractivity contribution in [2.45, 2.75) is 0 Å². The van der Waals surface area contributed by atoms with Gasteiger partial charge in [0.15, 0.2) is 0 Å². The topological polar surface area (TPSA) is 32.7 Å². The van der Waals surface area contributed by atoms with E-state index in [-0.39, 0.29) is 0 Å². The SMILES string of the molecule is COC1=CCN(O)C(Br)=C1. The van der Waals surface area contributed by atoms with Crippen LogP contribution in [0.3, 0.4) is 0 Å². The molecule has 0 aromatic rings. The first-order valence-electron chi connectivity index (χ1n) is 2.82. The highest BCUT2D eigenvalue weighted by atomic mass is 79.9. The number of rotatable bonds is 1. The average molecular weight is 206 g/mol. The second kappa shape index (κ2) is 3.07. The number of methoxy groups -OCH3 is 1. The minimum Gasteiger partial charge on any atom is -0.497 e. The fraction of sp³-hybridized carbons (Fsp3) is 0.333. The standard InChI is InChI=1S/C6H8BrNO2/c1-10-5-2-3-8(9)6(7)4-5/h2,4,9H,3H2,1H3. The van der Waals surface area contributed by atoms with Crippen LogP contribution in [0.1, 0.15) is 0 Å². The van der Waals surface area contributed by atoms with Gasteiger partial charge in [0, 0.05) is 6.08 Å². The lowest BCUT2D eigenvalue weighted by molar-refractivity contribution is -0.0358. The maximum absolute atomic E-state index is 9.01. The summed E-state index contributed by atoms with van der Waals surface area (Å²) in [5.41, 5.74) is 0. The van der Waals surface area contributed by atoms with Crippen molar-refractivity contribution in [2.24, 2.45) is 0 Å². The Hall–Kier alpha value is -0.480. The summed E-state index contributed by atoms with van der Waals surface area (Å²) in [5.74, 6) is 0.761. The number of hydrogen-bond acceptors (Lipinski definition) is 3. The molecular weight excluding hydrogens is 198 g/mol. The summed E-state index contributed by atoms with van der Waals surface area (Å²) in [7, 11) is 1.59. The van der Waals surface area contributed by atoms with Gasteiger partial charge in [0.25, 0.3) is 0 Å². The highest BCUT2D eigenvalue weighted by Crippen LogP contribution is 2.17. The smallest absolute Gasteiger partial charge is 0.119 e. The molecule has 56 valence electrons. The Morgan fingerprint density at radius 3 is 3.00 bits per heavy atom. The van der Waals surface area contributed by atoms with Gasteiger partial charge in [-0.25, -0.2) is 5.06 Å². The van der Waals surface area contributed by atoms with Crippen LogP contribution in [0.5, 0.6) is 0 Å². The summed E-state index contributed by atoms with van der Waals surface area (Å²) in [4.78, 5) is 0. The number of hydrogen-bond donors (Lipinski definition) is 1. The van der Waals surface area contributed by atoms with E-state index in [4.69, 9.17) is 9.94 Å². The molecule has 0 unspecified atom stereocenters. The fourth-order valence-corrected chi connectivity index (χ4v) is 1.03. The predicted molar refractivity (Wildman–Crippen MR) is 40.6 cm³/mol. The highest BCUT2D eigenvalue weighted by Gasteiger charge is 2.08. The minimum atomic E-state index is 0.459. The third kappa shape index (κ3) is 1.52. The molecule has 0 saturated heterocycles. The van der Waals surface area contributed by atoms with Crippen LogP contribution in [0.4, 0.5) is 0 Å². The molecule has 0 atom stereocenters. The Bertz CT molecular complexity index is 188. The summed E-state index contributed by atoms with van der Waals surface area (Å²) in [6.45, 7) is 0.459. The van der Waals surface area contributed by atoms with E-state index in [2.05, 4.69) is 15.9 Å². The fourth-order valence-electron chi connectivity index (χ4n) is 0.657. The van der Waals surface area contributed by atoms with Crippen molar-refractivity contribution < 1.29 is 9.94 Å². The third-order valence-electron chi connectivity index (χ3n) is 1.21. The Morgan fingerprint density at radius 2 is 2.50 bits per heavy atom. The second-order valence-electron chi connectivity index (χ2n) is 1.86. The Morgan fingerprint density at radius 1 is 1.80 bits per heavy atom. The first-order chi connectivity index (χ1) is 4.74. The molecule has 1 heterocycles. The lowest BCUT2D eigenvalue weighted by Gasteiger charge is -2.18. The molecule has 10 heavy (non-hydrogen) atoms. The van der Waals surface area contributed by atoms with Crippen LogP contribution in [0.2, 0.25) is 0 Å². The van der Waals surface area contributed by atoms with Crippen LogP contribution in [0.15, 0.2) is 22.5 Å². The van der Waals surface area contributed by atoms with Gasteiger partial charge in [-0.05, 0) is 22.0 Å². The molecule has 0 aromatic carbocycles. The molecule has 0 aromatic heterocycles. The van der Waals surface area contributed by atoms with Gasteiger partial charge >= 0.3 is 0 Å². The molecule has 0 bridgehead atoms. The molecule has 1 aliphatic heterocycles. The Labute approximate surface area is 67.7 Å². The van der Waals surface area contributed by atoms with Crippen LogP contribution >= 0.6 is 15.9 Å². The maximum atomic E-state index is 9.01. The molecule has 0 fully saturated rings. The second-order valence-corrected chi connectivity index (χ2v) is 2.67. The van der Waals surface area contributed by atoms with E-state index in [0.717, 1.165) is 10.8 Å². The summed E-state index contributed by atoms with van der Waals surface area (Å²) < 4.78 is 5.54. The van der Waals surface area contributed by atoms with Crippen molar-refractivity contribution in [1.29, 1.82) is 0 Å². The monoisotopic (exact) mass is 205 g/mol. The molecule has 0 spiro atoms. The highest BCUT2D eigenvalue weighted by molar-refractivity contribution is 9.11. The van der Waals surface area contributed by atoms with Gasteiger partial charge < -0.3 is 4.74 Å².